The first kappa shape index (κ1) is 15.3. The van der Waals surface area contributed by atoms with Crippen molar-refractivity contribution in [2.24, 2.45) is 0 Å². The van der Waals surface area contributed by atoms with Gasteiger partial charge in [0.15, 0.2) is 0 Å². The second-order valence-corrected chi connectivity index (χ2v) is 6.13. The molecule has 0 atom stereocenters. The second-order valence-electron chi connectivity index (χ2n) is 6.13. The minimum absolute atomic E-state index is 0.0721. The molecule has 120 valence electrons. The number of benzene rings is 1. The molecule has 2 N–H and O–H groups in total. The van der Waals surface area contributed by atoms with Gasteiger partial charge in [-0.15, -0.1) is 0 Å². The van der Waals surface area contributed by atoms with E-state index in [0.717, 1.165) is 28.1 Å². The van der Waals surface area contributed by atoms with Crippen LogP contribution in [0.3, 0.4) is 0 Å². The highest BCUT2D eigenvalue weighted by Gasteiger charge is 2.14. The van der Waals surface area contributed by atoms with E-state index in [2.05, 4.69) is 33.7 Å². The Balaban J connectivity index is 1.85. The zero-order valence-corrected chi connectivity index (χ0v) is 14.0. The molecule has 2 aromatic heterocycles. The number of fused-ring (bicyclic) bond motifs is 1. The smallest absolute Gasteiger partial charge is 0.252 e. The van der Waals surface area contributed by atoms with Crippen molar-refractivity contribution in [1.82, 2.24) is 19.9 Å². The van der Waals surface area contributed by atoms with Gasteiger partial charge >= 0.3 is 0 Å². The van der Waals surface area contributed by atoms with Gasteiger partial charge in [0.25, 0.3) is 5.91 Å². The average Bonchev–Trinajstić information content (AvgIpc) is 3.07. The van der Waals surface area contributed by atoms with Crippen LogP contribution in [0.2, 0.25) is 0 Å². The largest absolute Gasteiger partial charge is 0.346 e. The van der Waals surface area contributed by atoms with Crippen LogP contribution in [0.15, 0.2) is 30.5 Å². The summed E-state index contributed by atoms with van der Waals surface area (Å²) < 4.78 is 2.17. The molecule has 0 saturated heterocycles. The number of H-pyrrole nitrogens is 1. The highest BCUT2D eigenvalue weighted by Crippen LogP contribution is 2.23. The summed E-state index contributed by atoms with van der Waals surface area (Å²) in [6.45, 7) is 8.57. The van der Waals surface area contributed by atoms with Crippen molar-refractivity contribution in [3.05, 3.63) is 53.2 Å². The SMILES string of the molecule is Cc1nc(CNC(=O)c2cccc3c2ccn3C(C)C)c(C)[nH]1. The highest BCUT2D eigenvalue weighted by atomic mass is 16.1. The summed E-state index contributed by atoms with van der Waals surface area (Å²) in [6, 6.07) is 8.22. The number of amides is 1. The second kappa shape index (κ2) is 5.91. The van der Waals surface area contributed by atoms with Crippen LogP contribution in [-0.4, -0.2) is 20.4 Å². The van der Waals surface area contributed by atoms with E-state index in [1.165, 1.54) is 0 Å². The Kier molecular flexibility index (Phi) is 3.94. The van der Waals surface area contributed by atoms with Gasteiger partial charge in [-0.2, -0.15) is 0 Å². The molecule has 5 heteroatoms. The normalized spacial score (nSPS) is 11.3. The van der Waals surface area contributed by atoms with Gasteiger partial charge in [0.1, 0.15) is 5.82 Å². The van der Waals surface area contributed by atoms with Crippen molar-refractivity contribution in [3.8, 4) is 0 Å². The number of carbonyl (C=O) groups excluding carboxylic acids is 1. The quantitative estimate of drug-likeness (QED) is 0.775. The molecule has 2 heterocycles. The van der Waals surface area contributed by atoms with Crippen molar-refractivity contribution >= 4 is 16.8 Å². The summed E-state index contributed by atoms with van der Waals surface area (Å²) in [4.78, 5) is 20.1. The highest BCUT2D eigenvalue weighted by molar-refractivity contribution is 6.06. The van der Waals surface area contributed by atoms with Crippen LogP contribution in [-0.2, 0) is 6.54 Å². The lowest BCUT2D eigenvalue weighted by atomic mass is 10.1. The number of hydrogen-bond donors (Lipinski definition) is 2. The Hall–Kier alpha value is -2.56. The Morgan fingerprint density at radius 1 is 1.30 bits per heavy atom. The number of aromatic nitrogens is 3. The predicted octanol–water partition coefficient (Wildman–Crippen LogP) is 3.49. The molecule has 23 heavy (non-hydrogen) atoms. The molecule has 0 aliphatic rings. The molecule has 0 fully saturated rings. The molecule has 0 aliphatic carbocycles. The monoisotopic (exact) mass is 310 g/mol. The fourth-order valence-electron chi connectivity index (χ4n) is 2.93. The number of hydrogen-bond acceptors (Lipinski definition) is 2. The summed E-state index contributed by atoms with van der Waals surface area (Å²) in [5, 5.41) is 3.95. The maximum Gasteiger partial charge on any atom is 0.252 e. The van der Waals surface area contributed by atoms with Crippen LogP contribution >= 0.6 is 0 Å². The molecular formula is C18H22N4O. The van der Waals surface area contributed by atoms with Crippen molar-refractivity contribution < 1.29 is 4.79 Å². The molecule has 0 spiro atoms. The third-order valence-corrected chi connectivity index (χ3v) is 4.08. The van der Waals surface area contributed by atoms with Crippen molar-refractivity contribution in [1.29, 1.82) is 0 Å². The third-order valence-electron chi connectivity index (χ3n) is 4.08. The van der Waals surface area contributed by atoms with E-state index in [9.17, 15) is 4.79 Å². The minimum Gasteiger partial charge on any atom is -0.346 e. The Morgan fingerprint density at radius 2 is 2.09 bits per heavy atom. The molecular weight excluding hydrogens is 288 g/mol. The molecule has 1 aromatic carbocycles. The molecule has 0 aliphatic heterocycles. The summed E-state index contributed by atoms with van der Waals surface area (Å²) in [5.41, 5.74) is 3.65. The molecule has 5 nitrogen and oxygen atoms in total. The lowest BCUT2D eigenvalue weighted by Gasteiger charge is -2.10. The molecule has 0 bridgehead atoms. The van der Waals surface area contributed by atoms with Crippen molar-refractivity contribution in [2.45, 2.75) is 40.3 Å². The third kappa shape index (κ3) is 2.86. The van der Waals surface area contributed by atoms with Crippen LogP contribution in [0.5, 0.6) is 0 Å². The lowest BCUT2D eigenvalue weighted by Crippen LogP contribution is -2.23. The first-order chi connectivity index (χ1) is 11.0. The van der Waals surface area contributed by atoms with E-state index in [-0.39, 0.29) is 5.91 Å². The Labute approximate surface area is 135 Å². The van der Waals surface area contributed by atoms with E-state index >= 15 is 0 Å². The maximum absolute atomic E-state index is 12.6. The molecule has 3 rings (SSSR count). The molecule has 3 aromatic rings. The molecule has 0 saturated carbocycles. The van der Waals surface area contributed by atoms with Gasteiger partial charge < -0.3 is 14.9 Å². The van der Waals surface area contributed by atoms with Gasteiger partial charge in [-0.25, -0.2) is 4.98 Å². The van der Waals surface area contributed by atoms with E-state index in [1.807, 2.05) is 44.3 Å². The van der Waals surface area contributed by atoms with Gasteiger partial charge in [0.2, 0.25) is 0 Å². The van der Waals surface area contributed by atoms with Gasteiger partial charge in [0, 0.05) is 34.4 Å². The van der Waals surface area contributed by atoms with Crippen LogP contribution < -0.4 is 5.32 Å². The van der Waals surface area contributed by atoms with Gasteiger partial charge in [-0.1, -0.05) is 6.07 Å². The van der Waals surface area contributed by atoms with E-state index in [1.54, 1.807) is 0 Å². The number of aromatic amines is 1. The lowest BCUT2D eigenvalue weighted by molar-refractivity contribution is 0.0952. The number of rotatable bonds is 4. The summed E-state index contributed by atoms with van der Waals surface area (Å²) in [7, 11) is 0. The van der Waals surface area contributed by atoms with Crippen LogP contribution in [0.1, 0.15) is 47.5 Å². The van der Waals surface area contributed by atoms with Crippen molar-refractivity contribution in [2.75, 3.05) is 0 Å². The number of carbonyl (C=O) groups is 1. The number of nitrogens with zero attached hydrogens (tertiary/aromatic N) is 2. The average molecular weight is 310 g/mol. The zero-order valence-electron chi connectivity index (χ0n) is 14.0. The first-order valence-electron chi connectivity index (χ1n) is 7.87. The van der Waals surface area contributed by atoms with E-state index < -0.39 is 0 Å². The van der Waals surface area contributed by atoms with E-state index in [0.29, 0.717) is 18.2 Å². The van der Waals surface area contributed by atoms with Gasteiger partial charge in [0.05, 0.1) is 12.2 Å². The van der Waals surface area contributed by atoms with Gasteiger partial charge in [-0.3, -0.25) is 4.79 Å². The Bertz CT molecular complexity index is 857. The maximum atomic E-state index is 12.6. The topological polar surface area (TPSA) is 62.7 Å². The summed E-state index contributed by atoms with van der Waals surface area (Å²) >= 11 is 0. The fraction of sp³-hybridized carbons (Fsp3) is 0.333. The summed E-state index contributed by atoms with van der Waals surface area (Å²) in [5.74, 6) is 0.792. The summed E-state index contributed by atoms with van der Waals surface area (Å²) in [6.07, 6.45) is 2.04. The molecule has 0 radical (unpaired) electrons. The number of imidazole rings is 1. The standard InChI is InChI=1S/C18H22N4O/c1-11(2)22-9-8-14-15(6-5-7-17(14)22)18(23)19-10-16-12(3)20-13(4)21-16/h5-9,11H,10H2,1-4H3,(H,19,23)(H,20,21). The molecule has 0 unspecified atom stereocenters. The van der Waals surface area contributed by atoms with Crippen LogP contribution in [0.25, 0.3) is 10.9 Å². The Morgan fingerprint density at radius 3 is 2.74 bits per heavy atom. The first-order valence-corrected chi connectivity index (χ1v) is 7.87. The molecule has 1 amide bonds. The predicted molar refractivity (Wildman–Crippen MR) is 91.6 cm³/mol. The van der Waals surface area contributed by atoms with Crippen molar-refractivity contribution in [3.63, 3.8) is 0 Å². The minimum atomic E-state index is -0.0721. The van der Waals surface area contributed by atoms with Gasteiger partial charge in [-0.05, 0) is 45.9 Å². The van der Waals surface area contributed by atoms with Crippen LogP contribution in [0, 0.1) is 13.8 Å². The number of aryl methyl sites for hydroxylation is 2. The number of nitrogens with one attached hydrogen (secondary N) is 2. The van der Waals surface area contributed by atoms with Crippen LogP contribution in [0.4, 0.5) is 0 Å². The zero-order chi connectivity index (χ0) is 16.6. The fourth-order valence-corrected chi connectivity index (χ4v) is 2.93. The van der Waals surface area contributed by atoms with E-state index in [4.69, 9.17) is 0 Å².